The van der Waals surface area contributed by atoms with Crippen molar-refractivity contribution in [2.24, 2.45) is 5.73 Å². The maximum absolute atomic E-state index is 6.09. The van der Waals surface area contributed by atoms with Gasteiger partial charge < -0.3 is 5.73 Å². The summed E-state index contributed by atoms with van der Waals surface area (Å²) in [6, 6.07) is 7.16. The summed E-state index contributed by atoms with van der Waals surface area (Å²) in [6.07, 6.45) is 3.36. The lowest BCUT2D eigenvalue weighted by Gasteiger charge is -2.42. The monoisotopic (exact) mass is 236 g/mol. The molecule has 2 N–H and O–H groups in total. The van der Waals surface area contributed by atoms with Crippen LogP contribution in [-0.2, 0) is 6.42 Å². The second-order valence-electron chi connectivity index (χ2n) is 4.93. The van der Waals surface area contributed by atoms with Gasteiger partial charge in [-0.15, -0.1) is 0 Å². The highest BCUT2D eigenvalue weighted by atomic mass is 35.5. The quantitative estimate of drug-likeness (QED) is 0.750. The van der Waals surface area contributed by atoms with E-state index in [1.165, 1.54) is 17.7 Å². The zero-order valence-corrected chi connectivity index (χ0v) is 10.1. The van der Waals surface area contributed by atoms with E-state index in [-0.39, 0.29) is 0 Å². The number of hydrogen-bond donors (Lipinski definition) is 1. The van der Waals surface area contributed by atoms with Crippen LogP contribution in [0, 0.1) is 0 Å². The number of hydrogen-bond acceptors (Lipinski definition) is 2. The molecule has 2 heterocycles. The van der Waals surface area contributed by atoms with Crippen LogP contribution in [0.5, 0.6) is 0 Å². The number of nitrogens with zero attached hydrogens (tertiary/aromatic N) is 1. The molecule has 0 amide bonds. The Bertz CT molecular complexity index is 405. The first-order chi connectivity index (χ1) is 7.74. The van der Waals surface area contributed by atoms with Crippen LogP contribution in [0.2, 0.25) is 5.02 Å². The smallest absolute Gasteiger partial charge is 0.0409 e. The molecule has 2 nitrogen and oxygen atoms in total. The van der Waals surface area contributed by atoms with E-state index in [0.717, 1.165) is 30.8 Å². The molecule has 1 aromatic carbocycles. The summed E-state index contributed by atoms with van der Waals surface area (Å²) < 4.78 is 0. The maximum Gasteiger partial charge on any atom is 0.0409 e. The molecule has 0 spiro atoms. The SMILES string of the molecule is N[C@H]1CCN2CCc3ccc(Cl)cc3[C@H]2C1. The summed E-state index contributed by atoms with van der Waals surface area (Å²) in [4.78, 5) is 2.56. The van der Waals surface area contributed by atoms with Gasteiger partial charge in [0.15, 0.2) is 0 Å². The summed E-state index contributed by atoms with van der Waals surface area (Å²) >= 11 is 6.09. The van der Waals surface area contributed by atoms with Crippen molar-refractivity contribution in [1.82, 2.24) is 4.90 Å². The van der Waals surface area contributed by atoms with E-state index in [4.69, 9.17) is 17.3 Å². The second-order valence-corrected chi connectivity index (χ2v) is 5.37. The van der Waals surface area contributed by atoms with E-state index >= 15 is 0 Å². The van der Waals surface area contributed by atoms with Crippen LogP contribution in [-0.4, -0.2) is 24.0 Å². The van der Waals surface area contributed by atoms with Crippen LogP contribution in [0.25, 0.3) is 0 Å². The second kappa shape index (κ2) is 4.02. The lowest BCUT2D eigenvalue weighted by Crippen LogP contribution is -2.45. The molecule has 2 aliphatic rings. The fraction of sp³-hybridized carbons (Fsp3) is 0.538. The molecule has 0 aromatic heterocycles. The van der Waals surface area contributed by atoms with Crippen LogP contribution in [0.15, 0.2) is 18.2 Å². The predicted octanol–water partition coefficient (Wildman–Crippen LogP) is 2.36. The molecule has 0 bridgehead atoms. The summed E-state index contributed by atoms with van der Waals surface area (Å²) in [6.45, 7) is 2.31. The first kappa shape index (κ1) is 10.6. The van der Waals surface area contributed by atoms with Crippen molar-refractivity contribution in [3.63, 3.8) is 0 Å². The van der Waals surface area contributed by atoms with E-state index in [9.17, 15) is 0 Å². The molecule has 1 fully saturated rings. The number of fused-ring (bicyclic) bond motifs is 3. The van der Waals surface area contributed by atoms with Crippen molar-refractivity contribution in [1.29, 1.82) is 0 Å². The number of halogens is 1. The minimum atomic E-state index is 0.353. The Morgan fingerprint density at radius 1 is 1.31 bits per heavy atom. The molecule has 0 aliphatic carbocycles. The first-order valence-electron chi connectivity index (χ1n) is 6.02. The largest absolute Gasteiger partial charge is 0.328 e. The highest BCUT2D eigenvalue weighted by molar-refractivity contribution is 6.30. The van der Waals surface area contributed by atoms with Crippen LogP contribution >= 0.6 is 11.6 Å². The lowest BCUT2D eigenvalue weighted by atomic mass is 9.85. The van der Waals surface area contributed by atoms with Crippen molar-refractivity contribution < 1.29 is 0 Å². The molecule has 3 rings (SSSR count). The van der Waals surface area contributed by atoms with Crippen LogP contribution in [0.4, 0.5) is 0 Å². The molecular weight excluding hydrogens is 220 g/mol. The zero-order chi connectivity index (χ0) is 11.1. The Kier molecular flexibility index (Phi) is 2.66. The van der Waals surface area contributed by atoms with E-state index in [1.54, 1.807) is 0 Å². The molecule has 1 saturated heterocycles. The average molecular weight is 237 g/mol. The van der Waals surface area contributed by atoms with E-state index in [2.05, 4.69) is 17.0 Å². The van der Waals surface area contributed by atoms with Crippen molar-refractivity contribution >= 4 is 11.6 Å². The van der Waals surface area contributed by atoms with Crippen molar-refractivity contribution in [2.75, 3.05) is 13.1 Å². The van der Waals surface area contributed by atoms with Crippen LogP contribution < -0.4 is 5.73 Å². The van der Waals surface area contributed by atoms with E-state index < -0.39 is 0 Å². The fourth-order valence-corrected chi connectivity index (χ4v) is 3.18. The molecule has 0 radical (unpaired) electrons. The molecular formula is C13H17ClN2. The Labute approximate surface area is 101 Å². The predicted molar refractivity (Wildman–Crippen MR) is 66.7 cm³/mol. The van der Waals surface area contributed by atoms with Gasteiger partial charge in [-0.25, -0.2) is 0 Å². The Morgan fingerprint density at radius 3 is 3.06 bits per heavy atom. The summed E-state index contributed by atoms with van der Waals surface area (Å²) in [5.74, 6) is 0. The molecule has 3 heteroatoms. The molecule has 2 atom stereocenters. The van der Waals surface area contributed by atoms with Crippen molar-refractivity contribution in [3.05, 3.63) is 34.3 Å². The zero-order valence-electron chi connectivity index (χ0n) is 9.32. The highest BCUT2D eigenvalue weighted by Gasteiger charge is 2.32. The van der Waals surface area contributed by atoms with Crippen molar-refractivity contribution in [2.45, 2.75) is 31.3 Å². The summed E-state index contributed by atoms with van der Waals surface area (Å²) in [7, 11) is 0. The Hall–Kier alpha value is -0.570. The lowest BCUT2D eigenvalue weighted by molar-refractivity contribution is 0.126. The number of piperidine rings is 1. The highest BCUT2D eigenvalue weighted by Crippen LogP contribution is 2.37. The maximum atomic E-state index is 6.09. The van der Waals surface area contributed by atoms with Gasteiger partial charge >= 0.3 is 0 Å². The number of nitrogens with two attached hydrogens (primary N) is 1. The molecule has 2 aliphatic heterocycles. The van der Waals surface area contributed by atoms with Gasteiger partial charge in [0, 0.05) is 30.2 Å². The van der Waals surface area contributed by atoms with Gasteiger partial charge in [-0.1, -0.05) is 17.7 Å². The molecule has 0 unspecified atom stereocenters. The summed E-state index contributed by atoms with van der Waals surface area (Å²) in [5.41, 5.74) is 8.95. The Balaban J connectivity index is 1.99. The fourth-order valence-electron chi connectivity index (χ4n) is 3.00. The van der Waals surface area contributed by atoms with Gasteiger partial charge in [0.05, 0.1) is 0 Å². The number of benzene rings is 1. The molecule has 86 valence electrons. The standard InChI is InChI=1S/C13H17ClN2/c14-10-2-1-9-3-5-16-6-4-11(15)8-13(16)12(9)7-10/h1-2,7,11,13H,3-6,8,15H2/t11-,13+/m0/s1. The topological polar surface area (TPSA) is 29.3 Å². The first-order valence-corrected chi connectivity index (χ1v) is 6.40. The van der Waals surface area contributed by atoms with Gasteiger partial charge in [-0.3, -0.25) is 4.90 Å². The van der Waals surface area contributed by atoms with E-state index in [0.29, 0.717) is 12.1 Å². The van der Waals surface area contributed by atoms with Crippen LogP contribution in [0.3, 0.4) is 0 Å². The van der Waals surface area contributed by atoms with Gasteiger partial charge in [-0.05, 0) is 42.5 Å². The molecule has 1 aromatic rings. The number of rotatable bonds is 0. The average Bonchev–Trinajstić information content (AvgIpc) is 2.29. The third kappa shape index (κ3) is 1.75. The van der Waals surface area contributed by atoms with Crippen molar-refractivity contribution in [3.8, 4) is 0 Å². The molecule has 0 saturated carbocycles. The minimum Gasteiger partial charge on any atom is -0.328 e. The molecule has 16 heavy (non-hydrogen) atoms. The van der Waals surface area contributed by atoms with Gasteiger partial charge in [0.1, 0.15) is 0 Å². The van der Waals surface area contributed by atoms with Gasteiger partial charge in [-0.2, -0.15) is 0 Å². The van der Waals surface area contributed by atoms with E-state index in [1.807, 2.05) is 6.07 Å². The third-order valence-electron chi connectivity index (χ3n) is 3.89. The Morgan fingerprint density at radius 2 is 2.19 bits per heavy atom. The third-order valence-corrected chi connectivity index (χ3v) is 4.12. The van der Waals surface area contributed by atoms with Crippen LogP contribution in [0.1, 0.15) is 30.0 Å². The normalized spacial score (nSPS) is 29.6. The van der Waals surface area contributed by atoms with Gasteiger partial charge in [0.2, 0.25) is 0 Å². The van der Waals surface area contributed by atoms with Gasteiger partial charge in [0.25, 0.3) is 0 Å². The minimum absolute atomic E-state index is 0.353. The summed E-state index contributed by atoms with van der Waals surface area (Å²) in [5, 5.41) is 0.847.